The zero-order valence-electron chi connectivity index (χ0n) is 10.8. The molecule has 0 bridgehead atoms. The number of hydrogen-bond donors (Lipinski definition) is 2. The van der Waals surface area contributed by atoms with Crippen molar-refractivity contribution in [2.75, 3.05) is 6.54 Å². The summed E-state index contributed by atoms with van der Waals surface area (Å²) in [6.45, 7) is 0.0108. The van der Waals surface area contributed by atoms with Crippen LogP contribution >= 0.6 is 11.6 Å². The molecule has 1 aromatic rings. The van der Waals surface area contributed by atoms with Gasteiger partial charge in [-0.25, -0.2) is 13.1 Å². The van der Waals surface area contributed by atoms with Crippen molar-refractivity contribution in [1.82, 2.24) is 14.5 Å². The topological polar surface area (TPSA) is 84.2 Å². The van der Waals surface area contributed by atoms with Gasteiger partial charge in [-0.3, -0.25) is 4.68 Å². The highest BCUT2D eigenvalue weighted by Gasteiger charge is 2.32. The van der Waals surface area contributed by atoms with E-state index < -0.39 is 15.6 Å². The van der Waals surface area contributed by atoms with Crippen LogP contribution in [0.15, 0.2) is 11.2 Å². The van der Waals surface area contributed by atoms with Crippen molar-refractivity contribution >= 4 is 21.6 Å². The number of aliphatic hydroxyl groups is 1. The fourth-order valence-electron chi connectivity index (χ4n) is 2.39. The highest BCUT2D eigenvalue weighted by Crippen LogP contribution is 2.28. The second-order valence-electron chi connectivity index (χ2n) is 5.03. The smallest absolute Gasteiger partial charge is 0.259 e. The van der Waals surface area contributed by atoms with Gasteiger partial charge in [0.15, 0.2) is 5.03 Å². The minimum atomic E-state index is -3.76. The number of hydrogen-bond acceptors (Lipinski definition) is 4. The summed E-state index contributed by atoms with van der Waals surface area (Å²) in [7, 11) is -2.25. The van der Waals surface area contributed by atoms with E-state index in [0.29, 0.717) is 12.8 Å². The number of halogens is 1. The molecule has 1 aliphatic rings. The highest BCUT2D eigenvalue weighted by atomic mass is 35.5. The van der Waals surface area contributed by atoms with Gasteiger partial charge in [-0.15, -0.1) is 0 Å². The van der Waals surface area contributed by atoms with Crippen LogP contribution in [0, 0.1) is 0 Å². The summed E-state index contributed by atoms with van der Waals surface area (Å²) >= 11 is 5.82. The average molecular weight is 308 g/mol. The molecule has 2 N–H and O–H groups in total. The van der Waals surface area contributed by atoms with Crippen molar-refractivity contribution in [1.29, 1.82) is 0 Å². The Bertz CT molecular complexity index is 530. The monoisotopic (exact) mass is 307 g/mol. The molecule has 0 radical (unpaired) electrons. The maximum Gasteiger partial charge on any atom is 0.259 e. The normalized spacial score (nSPS) is 19.5. The standard InChI is InChI=1S/C11H18ClN3O3S/c1-15-10(9(12)7-13-15)19(17,18)14-8-11(16)5-3-2-4-6-11/h7,14,16H,2-6,8H2,1H3. The molecule has 19 heavy (non-hydrogen) atoms. The molecule has 0 spiro atoms. The molecule has 0 saturated heterocycles. The lowest BCUT2D eigenvalue weighted by Gasteiger charge is -2.31. The van der Waals surface area contributed by atoms with Gasteiger partial charge >= 0.3 is 0 Å². The minimum absolute atomic E-state index is 0.0108. The summed E-state index contributed by atoms with van der Waals surface area (Å²) in [6, 6.07) is 0. The van der Waals surface area contributed by atoms with E-state index in [9.17, 15) is 13.5 Å². The minimum Gasteiger partial charge on any atom is -0.389 e. The van der Waals surface area contributed by atoms with Gasteiger partial charge in [-0.05, 0) is 12.8 Å². The third-order valence-corrected chi connectivity index (χ3v) is 5.38. The van der Waals surface area contributed by atoms with Crippen LogP contribution in [0.5, 0.6) is 0 Å². The third kappa shape index (κ3) is 3.28. The van der Waals surface area contributed by atoms with Gasteiger partial charge in [-0.2, -0.15) is 5.10 Å². The Balaban J connectivity index is 2.10. The molecule has 6 nitrogen and oxygen atoms in total. The van der Waals surface area contributed by atoms with E-state index in [1.807, 2.05) is 0 Å². The first-order valence-electron chi connectivity index (χ1n) is 6.24. The zero-order valence-corrected chi connectivity index (χ0v) is 12.3. The molecule has 1 fully saturated rings. The quantitative estimate of drug-likeness (QED) is 0.870. The molecular formula is C11H18ClN3O3S. The Kier molecular flexibility index (Phi) is 4.20. The maximum atomic E-state index is 12.2. The molecule has 8 heteroatoms. The van der Waals surface area contributed by atoms with Crippen LogP contribution in [0.1, 0.15) is 32.1 Å². The molecule has 1 saturated carbocycles. The molecule has 1 aliphatic carbocycles. The van der Waals surface area contributed by atoms with Gasteiger partial charge in [0.2, 0.25) is 0 Å². The number of sulfonamides is 1. The fraction of sp³-hybridized carbons (Fsp3) is 0.727. The van der Waals surface area contributed by atoms with Crippen LogP contribution in [-0.4, -0.2) is 35.5 Å². The molecule has 2 rings (SSSR count). The number of aromatic nitrogens is 2. The molecule has 0 amide bonds. The summed E-state index contributed by atoms with van der Waals surface area (Å²) in [5.74, 6) is 0. The molecular weight excluding hydrogens is 290 g/mol. The summed E-state index contributed by atoms with van der Waals surface area (Å²) in [5.41, 5.74) is -0.948. The maximum absolute atomic E-state index is 12.2. The van der Waals surface area contributed by atoms with E-state index in [-0.39, 0.29) is 16.6 Å². The van der Waals surface area contributed by atoms with Crippen molar-refractivity contribution in [3.63, 3.8) is 0 Å². The Hall–Kier alpha value is -0.630. The van der Waals surface area contributed by atoms with Crippen molar-refractivity contribution in [3.05, 3.63) is 11.2 Å². The van der Waals surface area contributed by atoms with Gasteiger partial charge in [0.25, 0.3) is 10.0 Å². The average Bonchev–Trinajstić information content (AvgIpc) is 2.68. The molecule has 0 unspecified atom stereocenters. The van der Waals surface area contributed by atoms with Crippen LogP contribution in [0.25, 0.3) is 0 Å². The summed E-state index contributed by atoms with van der Waals surface area (Å²) < 4.78 is 27.9. The summed E-state index contributed by atoms with van der Waals surface area (Å²) in [4.78, 5) is 0. The summed E-state index contributed by atoms with van der Waals surface area (Å²) in [6.07, 6.45) is 5.45. The van der Waals surface area contributed by atoms with Crippen molar-refractivity contribution in [3.8, 4) is 0 Å². The van der Waals surface area contributed by atoms with Crippen LogP contribution in [0.2, 0.25) is 5.02 Å². The Morgan fingerprint density at radius 3 is 2.63 bits per heavy atom. The van der Waals surface area contributed by atoms with E-state index in [4.69, 9.17) is 11.6 Å². The SMILES string of the molecule is Cn1ncc(Cl)c1S(=O)(=O)NCC1(O)CCCCC1. The number of rotatable bonds is 4. The molecule has 1 heterocycles. The molecule has 1 aromatic heterocycles. The highest BCUT2D eigenvalue weighted by molar-refractivity contribution is 7.89. The first kappa shape index (κ1) is 14.8. The van der Waals surface area contributed by atoms with Crippen LogP contribution in [0.3, 0.4) is 0 Å². The van der Waals surface area contributed by atoms with Gasteiger partial charge in [0, 0.05) is 13.6 Å². The van der Waals surface area contributed by atoms with Gasteiger partial charge in [0.1, 0.15) is 0 Å². The summed E-state index contributed by atoms with van der Waals surface area (Å²) in [5, 5.41) is 14.1. The zero-order chi connectivity index (χ0) is 14.1. The molecule has 0 aliphatic heterocycles. The lowest BCUT2D eigenvalue weighted by Crippen LogP contribution is -2.44. The second-order valence-corrected chi connectivity index (χ2v) is 7.12. The number of aryl methyl sites for hydroxylation is 1. The lowest BCUT2D eigenvalue weighted by atomic mass is 9.85. The molecule has 0 atom stereocenters. The first-order valence-corrected chi connectivity index (χ1v) is 8.10. The Morgan fingerprint density at radius 2 is 2.11 bits per heavy atom. The van der Waals surface area contributed by atoms with E-state index in [2.05, 4.69) is 9.82 Å². The van der Waals surface area contributed by atoms with Gasteiger partial charge in [-0.1, -0.05) is 30.9 Å². The largest absolute Gasteiger partial charge is 0.389 e. The number of nitrogens with one attached hydrogen (secondary N) is 1. The first-order chi connectivity index (χ1) is 8.84. The lowest BCUT2D eigenvalue weighted by molar-refractivity contribution is 0.00943. The van der Waals surface area contributed by atoms with Crippen LogP contribution in [-0.2, 0) is 17.1 Å². The fourth-order valence-corrected chi connectivity index (χ4v) is 4.16. The molecule has 0 aromatic carbocycles. The van der Waals surface area contributed by atoms with Crippen molar-refractivity contribution in [2.24, 2.45) is 7.05 Å². The third-order valence-electron chi connectivity index (χ3n) is 3.47. The van der Waals surface area contributed by atoms with Gasteiger partial charge in [0.05, 0.1) is 16.8 Å². The van der Waals surface area contributed by atoms with E-state index in [0.717, 1.165) is 19.3 Å². The van der Waals surface area contributed by atoms with E-state index in [1.54, 1.807) is 0 Å². The Morgan fingerprint density at radius 1 is 1.47 bits per heavy atom. The van der Waals surface area contributed by atoms with Crippen LogP contribution in [0.4, 0.5) is 0 Å². The van der Waals surface area contributed by atoms with Crippen LogP contribution < -0.4 is 4.72 Å². The van der Waals surface area contributed by atoms with E-state index in [1.165, 1.54) is 17.9 Å². The molecule has 108 valence electrons. The van der Waals surface area contributed by atoms with Crippen molar-refractivity contribution < 1.29 is 13.5 Å². The predicted molar refractivity (Wildman–Crippen MR) is 71.4 cm³/mol. The second kappa shape index (κ2) is 5.40. The number of nitrogens with zero attached hydrogens (tertiary/aromatic N) is 2. The van der Waals surface area contributed by atoms with E-state index >= 15 is 0 Å². The predicted octanol–water partition coefficient (Wildman–Crippen LogP) is 1.05. The van der Waals surface area contributed by atoms with Gasteiger partial charge < -0.3 is 5.11 Å². The van der Waals surface area contributed by atoms with Crippen molar-refractivity contribution in [2.45, 2.75) is 42.7 Å². The Labute approximate surface area is 117 Å².